The Labute approximate surface area is 77.7 Å². The highest BCUT2D eigenvalue weighted by Crippen LogP contribution is 2.18. The zero-order valence-corrected chi connectivity index (χ0v) is 8.11. The van der Waals surface area contributed by atoms with E-state index in [1.54, 1.807) is 4.68 Å². The molecule has 0 aromatic carbocycles. The molecule has 4 nitrogen and oxygen atoms in total. The Hall–Kier alpha value is -1.34. The monoisotopic (exact) mass is 179 g/mol. The first-order valence-corrected chi connectivity index (χ1v) is 4.20. The summed E-state index contributed by atoms with van der Waals surface area (Å²) in [5, 5.41) is 13.0. The number of hydrogen-bond donors (Lipinski definition) is 0. The van der Waals surface area contributed by atoms with Crippen LogP contribution in [0.2, 0.25) is 0 Å². The van der Waals surface area contributed by atoms with Gasteiger partial charge >= 0.3 is 0 Å². The second-order valence-electron chi connectivity index (χ2n) is 2.81. The minimum atomic E-state index is -0.487. The van der Waals surface area contributed by atoms with Crippen LogP contribution in [0.5, 0.6) is 0 Å². The van der Waals surface area contributed by atoms with Crippen LogP contribution in [0.25, 0.3) is 0 Å². The predicted octanol–water partition coefficient (Wildman–Crippen LogP) is 1.33. The summed E-state index contributed by atoms with van der Waals surface area (Å²) >= 11 is 0. The molecule has 0 spiro atoms. The number of hydrogen-bond acceptors (Lipinski definition) is 3. The van der Waals surface area contributed by atoms with Crippen LogP contribution in [0, 0.1) is 18.3 Å². The van der Waals surface area contributed by atoms with Crippen molar-refractivity contribution in [3.63, 3.8) is 0 Å². The number of ether oxygens (including phenoxy) is 1. The first-order chi connectivity index (χ1) is 6.19. The second kappa shape index (κ2) is 4.06. The third-order valence-corrected chi connectivity index (χ3v) is 1.78. The molecule has 0 bridgehead atoms. The van der Waals surface area contributed by atoms with Crippen molar-refractivity contribution in [2.75, 3.05) is 6.61 Å². The highest BCUT2D eigenvalue weighted by molar-refractivity contribution is 5.23. The Morgan fingerprint density at radius 3 is 2.85 bits per heavy atom. The average molecular weight is 179 g/mol. The summed E-state index contributed by atoms with van der Waals surface area (Å²) in [5.41, 5.74) is 1.70. The maximum Gasteiger partial charge on any atom is 0.172 e. The van der Waals surface area contributed by atoms with Crippen LogP contribution < -0.4 is 0 Å². The fraction of sp³-hybridized carbons (Fsp3) is 0.556. The second-order valence-corrected chi connectivity index (χ2v) is 2.81. The van der Waals surface area contributed by atoms with Crippen molar-refractivity contribution in [2.24, 2.45) is 7.05 Å². The Morgan fingerprint density at radius 2 is 2.46 bits per heavy atom. The Balaban J connectivity index is 2.92. The van der Waals surface area contributed by atoms with Gasteiger partial charge in [0, 0.05) is 25.4 Å². The molecule has 1 heterocycles. The van der Waals surface area contributed by atoms with Crippen molar-refractivity contribution in [3.8, 4) is 6.07 Å². The van der Waals surface area contributed by atoms with Crippen LogP contribution in [-0.4, -0.2) is 16.4 Å². The molecule has 1 unspecified atom stereocenters. The van der Waals surface area contributed by atoms with Gasteiger partial charge in [-0.05, 0) is 13.8 Å². The van der Waals surface area contributed by atoms with Crippen molar-refractivity contribution < 1.29 is 4.74 Å². The summed E-state index contributed by atoms with van der Waals surface area (Å²) in [6, 6.07) is 2.10. The lowest BCUT2D eigenvalue weighted by Gasteiger charge is -2.06. The quantitative estimate of drug-likeness (QED) is 0.703. The lowest BCUT2D eigenvalue weighted by Crippen LogP contribution is -2.01. The minimum absolute atomic E-state index is 0.487. The fourth-order valence-electron chi connectivity index (χ4n) is 1.24. The van der Waals surface area contributed by atoms with Crippen LogP contribution in [0.4, 0.5) is 0 Å². The zero-order valence-electron chi connectivity index (χ0n) is 8.11. The van der Waals surface area contributed by atoms with Gasteiger partial charge in [-0.3, -0.25) is 4.68 Å². The van der Waals surface area contributed by atoms with Crippen molar-refractivity contribution in [1.82, 2.24) is 9.78 Å². The lowest BCUT2D eigenvalue weighted by molar-refractivity contribution is 0.101. The molecule has 0 aliphatic carbocycles. The summed E-state index contributed by atoms with van der Waals surface area (Å²) < 4.78 is 6.95. The van der Waals surface area contributed by atoms with Gasteiger partial charge < -0.3 is 4.74 Å². The minimum Gasteiger partial charge on any atom is -0.359 e. The number of nitrogens with zero attached hydrogens (tertiary/aromatic N) is 3. The largest absolute Gasteiger partial charge is 0.359 e. The van der Waals surface area contributed by atoms with Gasteiger partial charge in [-0.1, -0.05) is 0 Å². The molecule has 0 aliphatic heterocycles. The van der Waals surface area contributed by atoms with E-state index in [2.05, 4.69) is 11.2 Å². The van der Waals surface area contributed by atoms with Crippen LogP contribution in [0.3, 0.4) is 0 Å². The zero-order chi connectivity index (χ0) is 9.84. The first kappa shape index (κ1) is 9.75. The van der Waals surface area contributed by atoms with Crippen molar-refractivity contribution in [1.29, 1.82) is 5.26 Å². The van der Waals surface area contributed by atoms with Crippen LogP contribution in [-0.2, 0) is 11.8 Å². The maximum absolute atomic E-state index is 8.83. The predicted molar refractivity (Wildman–Crippen MR) is 47.9 cm³/mol. The number of rotatable bonds is 3. The number of aromatic nitrogens is 2. The van der Waals surface area contributed by atoms with Gasteiger partial charge in [0.25, 0.3) is 0 Å². The highest BCUT2D eigenvalue weighted by atomic mass is 16.5. The van der Waals surface area contributed by atoms with Gasteiger partial charge in [0.1, 0.15) is 0 Å². The van der Waals surface area contributed by atoms with Gasteiger partial charge in [-0.2, -0.15) is 10.4 Å². The van der Waals surface area contributed by atoms with E-state index in [4.69, 9.17) is 10.00 Å². The van der Waals surface area contributed by atoms with Crippen LogP contribution in [0.1, 0.15) is 24.3 Å². The van der Waals surface area contributed by atoms with Crippen LogP contribution in [0.15, 0.2) is 6.20 Å². The van der Waals surface area contributed by atoms with E-state index in [1.165, 1.54) is 0 Å². The third-order valence-electron chi connectivity index (χ3n) is 1.78. The molecular weight excluding hydrogens is 166 g/mol. The molecule has 0 saturated carbocycles. The Morgan fingerprint density at radius 1 is 1.77 bits per heavy atom. The van der Waals surface area contributed by atoms with E-state index in [-0.39, 0.29) is 0 Å². The molecule has 1 aromatic rings. The molecule has 1 atom stereocenters. The molecule has 1 rings (SSSR count). The van der Waals surface area contributed by atoms with Gasteiger partial charge in [0.05, 0.1) is 11.8 Å². The van der Waals surface area contributed by atoms with E-state index in [9.17, 15) is 0 Å². The van der Waals surface area contributed by atoms with Crippen molar-refractivity contribution >= 4 is 0 Å². The summed E-state index contributed by atoms with van der Waals surface area (Å²) in [4.78, 5) is 0. The summed E-state index contributed by atoms with van der Waals surface area (Å²) in [6.45, 7) is 4.28. The van der Waals surface area contributed by atoms with Crippen LogP contribution >= 0.6 is 0 Å². The molecule has 0 saturated heterocycles. The standard InChI is InChI=1S/C9H13N3O/c1-4-13-9(5-10)8-6-12(3)11-7(8)2/h6,9H,4H2,1-3H3. The topological polar surface area (TPSA) is 50.8 Å². The summed E-state index contributed by atoms with van der Waals surface area (Å²) in [6.07, 6.45) is 1.33. The van der Waals surface area contributed by atoms with E-state index in [0.29, 0.717) is 6.61 Å². The smallest absolute Gasteiger partial charge is 0.172 e. The maximum atomic E-state index is 8.83. The van der Waals surface area contributed by atoms with Gasteiger partial charge in [0.2, 0.25) is 0 Å². The molecule has 4 heteroatoms. The van der Waals surface area contributed by atoms with E-state index in [1.807, 2.05) is 27.1 Å². The summed E-state index contributed by atoms with van der Waals surface area (Å²) in [5.74, 6) is 0. The molecule has 0 radical (unpaired) electrons. The summed E-state index contributed by atoms with van der Waals surface area (Å²) in [7, 11) is 1.83. The third kappa shape index (κ3) is 2.07. The Kier molecular flexibility index (Phi) is 3.04. The number of nitriles is 1. The highest BCUT2D eigenvalue weighted by Gasteiger charge is 2.15. The average Bonchev–Trinajstić information content (AvgIpc) is 2.41. The molecule has 70 valence electrons. The lowest BCUT2D eigenvalue weighted by atomic mass is 10.1. The normalized spacial score (nSPS) is 12.5. The van der Waals surface area contributed by atoms with Gasteiger partial charge in [-0.15, -0.1) is 0 Å². The van der Waals surface area contributed by atoms with Gasteiger partial charge in [-0.25, -0.2) is 0 Å². The molecular formula is C9H13N3O. The van der Waals surface area contributed by atoms with Crippen molar-refractivity contribution in [3.05, 3.63) is 17.5 Å². The molecule has 0 fully saturated rings. The SMILES string of the molecule is CCOC(C#N)c1cn(C)nc1C. The molecule has 0 N–H and O–H groups in total. The molecule has 0 amide bonds. The number of aryl methyl sites for hydroxylation is 2. The van der Waals surface area contributed by atoms with E-state index in [0.717, 1.165) is 11.3 Å². The molecule has 13 heavy (non-hydrogen) atoms. The van der Waals surface area contributed by atoms with Gasteiger partial charge in [0.15, 0.2) is 6.10 Å². The molecule has 1 aromatic heterocycles. The Bertz CT molecular complexity index is 324. The fourth-order valence-corrected chi connectivity index (χ4v) is 1.24. The molecule has 0 aliphatic rings. The van der Waals surface area contributed by atoms with Crippen molar-refractivity contribution in [2.45, 2.75) is 20.0 Å². The first-order valence-electron chi connectivity index (χ1n) is 4.20. The van der Waals surface area contributed by atoms with E-state index < -0.39 is 6.10 Å². The van der Waals surface area contributed by atoms with E-state index >= 15 is 0 Å².